The van der Waals surface area contributed by atoms with Crippen LogP contribution in [-0.2, 0) is 16.1 Å². The molecule has 0 aliphatic carbocycles. The Morgan fingerprint density at radius 1 is 1.47 bits per heavy atom. The zero-order valence-electron chi connectivity index (χ0n) is 9.62. The van der Waals surface area contributed by atoms with E-state index in [4.69, 9.17) is 16.3 Å². The molecule has 0 spiro atoms. The lowest BCUT2D eigenvalue weighted by Gasteiger charge is -2.21. The van der Waals surface area contributed by atoms with E-state index in [0.29, 0.717) is 5.02 Å². The van der Waals surface area contributed by atoms with Crippen molar-refractivity contribution in [2.75, 3.05) is 6.54 Å². The third-order valence-electron chi connectivity index (χ3n) is 2.86. The van der Waals surface area contributed by atoms with Gasteiger partial charge in [-0.05, 0) is 37.1 Å². The van der Waals surface area contributed by atoms with Gasteiger partial charge in [0.1, 0.15) is 12.6 Å². The van der Waals surface area contributed by atoms with Crippen LogP contribution in [0.4, 0.5) is 0 Å². The molecular weight excluding hydrogens is 238 g/mol. The van der Waals surface area contributed by atoms with Gasteiger partial charge in [-0.3, -0.25) is 4.79 Å². The van der Waals surface area contributed by atoms with Crippen molar-refractivity contribution in [3.8, 4) is 0 Å². The number of ether oxygens (including phenoxy) is 1. The van der Waals surface area contributed by atoms with Gasteiger partial charge in [0.25, 0.3) is 0 Å². The van der Waals surface area contributed by atoms with Gasteiger partial charge in [-0.1, -0.05) is 30.2 Å². The van der Waals surface area contributed by atoms with Gasteiger partial charge in [-0.25, -0.2) is 0 Å². The lowest BCUT2D eigenvalue weighted by molar-refractivity contribution is -0.148. The molecule has 1 aliphatic rings. The van der Waals surface area contributed by atoms with Crippen molar-refractivity contribution in [1.29, 1.82) is 0 Å². The van der Waals surface area contributed by atoms with Crippen LogP contribution in [0, 0.1) is 0 Å². The van der Waals surface area contributed by atoms with Crippen molar-refractivity contribution < 1.29 is 9.53 Å². The Hall–Kier alpha value is -1.06. The molecule has 0 amide bonds. The summed E-state index contributed by atoms with van der Waals surface area (Å²) >= 11 is 5.86. The highest BCUT2D eigenvalue weighted by Gasteiger charge is 2.21. The monoisotopic (exact) mass is 253 g/mol. The van der Waals surface area contributed by atoms with Crippen LogP contribution in [0.3, 0.4) is 0 Å². The third-order valence-corrected chi connectivity index (χ3v) is 3.10. The summed E-state index contributed by atoms with van der Waals surface area (Å²) in [5.74, 6) is -0.162. The Kier molecular flexibility index (Phi) is 4.40. The Morgan fingerprint density at radius 2 is 2.35 bits per heavy atom. The molecule has 17 heavy (non-hydrogen) atoms. The Labute approximate surface area is 106 Å². The van der Waals surface area contributed by atoms with Crippen molar-refractivity contribution in [3.05, 3.63) is 34.9 Å². The number of carbonyl (C=O) groups is 1. The number of rotatable bonds is 3. The van der Waals surface area contributed by atoms with Crippen LogP contribution in [0.2, 0.25) is 5.02 Å². The quantitative estimate of drug-likeness (QED) is 0.842. The summed E-state index contributed by atoms with van der Waals surface area (Å²) < 4.78 is 5.26. The van der Waals surface area contributed by atoms with Crippen molar-refractivity contribution in [2.24, 2.45) is 0 Å². The molecule has 1 atom stereocenters. The van der Waals surface area contributed by atoms with E-state index in [2.05, 4.69) is 5.32 Å². The molecule has 4 heteroatoms. The van der Waals surface area contributed by atoms with Gasteiger partial charge in [0.15, 0.2) is 0 Å². The smallest absolute Gasteiger partial charge is 0.323 e. The fourth-order valence-corrected chi connectivity index (χ4v) is 2.15. The van der Waals surface area contributed by atoms with Crippen molar-refractivity contribution in [1.82, 2.24) is 5.32 Å². The number of piperidine rings is 1. The molecule has 1 unspecified atom stereocenters. The summed E-state index contributed by atoms with van der Waals surface area (Å²) in [5, 5.41) is 3.83. The minimum absolute atomic E-state index is 0.136. The lowest BCUT2D eigenvalue weighted by atomic mass is 10.1. The molecule has 3 nitrogen and oxygen atoms in total. The molecule has 0 aromatic heterocycles. The minimum Gasteiger partial charge on any atom is -0.460 e. The zero-order chi connectivity index (χ0) is 12.1. The summed E-state index contributed by atoms with van der Waals surface area (Å²) in [5.41, 5.74) is 0.918. The van der Waals surface area contributed by atoms with Gasteiger partial charge in [-0.15, -0.1) is 0 Å². The molecule has 0 bridgehead atoms. The topological polar surface area (TPSA) is 38.3 Å². The van der Waals surface area contributed by atoms with Crippen LogP contribution in [0.25, 0.3) is 0 Å². The first-order chi connectivity index (χ1) is 8.25. The predicted octanol–water partition coefficient (Wildman–Crippen LogP) is 2.53. The number of halogens is 1. The number of hydrogen-bond donors (Lipinski definition) is 1. The standard InChI is InChI=1S/C13H16ClNO2/c14-11-5-3-4-10(8-11)9-17-13(16)12-6-1-2-7-15-12/h3-5,8,12,15H,1-2,6-7,9H2. The van der Waals surface area contributed by atoms with Crippen molar-refractivity contribution in [3.63, 3.8) is 0 Å². The summed E-state index contributed by atoms with van der Waals surface area (Å²) in [6.45, 7) is 1.19. The van der Waals surface area contributed by atoms with E-state index in [-0.39, 0.29) is 18.6 Å². The van der Waals surface area contributed by atoms with E-state index in [1.165, 1.54) is 0 Å². The number of benzene rings is 1. The third kappa shape index (κ3) is 3.72. The van der Waals surface area contributed by atoms with Crippen LogP contribution in [-0.4, -0.2) is 18.6 Å². The molecule has 0 radical (unpaired) electrons. The highest BCUT2D eigenvalue weighted by atomic mass is 35.5. The number of carbonyl (C=O) groups excluding carboxylic acids is 1. The fourth-order valence-electron chi connectivity index (χ4n) is 1.93. The van der Waals surface area contributed by atoms with E-state index in [9.17, 15) is 4.79 Å². The zero-order valence-corrected chi connectivity index (χ0v) is 10.4. The Balaban J connectivity index is 1.83. The SMILES string of the molecule is O=C(OCc1cccc(Cl)c1)C1CCCCN1. The second-order valence-electron chi connectivity index (χ2n) is 4.24. The highest BCUT2D eigenvalue weighted by molar-refractivity contribution is 6.30. The maximum absolute atomic E-state index is 11.7. The minimum atomic E-state index is -0.162. The Morgan fingerprint density at radius 3 is 3.06 bits per heavy atom. The van der Waals surface area contributed by atoms with E-state index in [1.54, 1.807) is 6.07 Å². The first-order valence-electron chi connectivity index (χ1n) is 5.90. The largest absolute Gasteiger partial charge is 0.460 e. The van der Waals surface area contributed by atoms with Crippen molar-refractivity contribution in [2.45, 2.75) is 31.9 Å². The second-order valence-corrected chi connectivity index (χ2v) is 4.68. The molecule has 2 rings (SSSR count). The first kappa shape index (κ1) is 12.4. The number of esters is 1. The normalized spacial score (nSPS) is 19.9. The molecule has 92 valence electrons. The van der Waals surface area contributed by atoms with Crippen molar-refractivity contribution >= 4 is 17.6 Å². The Bertz CT molecular complexity index is 389. The maximum Gasteiger partial charge on any atom is 0.323 e. The molecule has 1 N–H and O–H groups in total. The molecule has 1 saturated heterocycles. The average Bonchev–Trinajstić information content (AvgIpc) is 2.37. The van der Waals surface area contributed by atoms with Crippen LogP contribution in [0.5, 0.6) is 0 Å². The molecule has 1 aromatic rings. The van der Waals surface area contributed by atoms with Gasteiger partial charge in [-0.2, -0.15) is 0 Å². The number of nitrogens with one attached hydrogen (secondary N) is 1. The fraction of sp³-hybridized carbons (Fsp3) is 0.462. The average molecular weight is 254 g/mol. The molecular formula is C13H16ClNO2. The summed E-state index contributed by atoms with van der Waals surface area (Å²) in [4.78, 5) is 11.7. The van der Waals surface area contributed by atoms with E-state index < -0.39 is 0 Å². The number of hydrogen-bond acceptors (Lipinski definition) is 3. The van der Waals surface area contributed by atoms with Crippen LogP contribution in [0.15, 0.2) is 24.3 Å². The van der Waals surface area contributed by atoms with Gasteiger partial charge >= 0.3 is 5.97 Å². The molecule has 1 heterocycles. The van der Waals surface area contributed by atoms with E-state index in [0.717, 1.165) is 31.4 Å². The van der Waals surface area contributed by atoms with Gasteiger partial charge in [0.2, 0.25) is 0 Å². The van der Waals surface area contributed by atoms with Crippen LogP contribution in [0.1, 0.15) is 24.8 Å². The highest BCUT2D eigenvalue weighted by Crippen LogP contribution is 2.13. The molecule has 0 saturated carbocycles. The van der Waals surface area contributed by atoms with Crippen LogP contribution < -0.4 is 5.32 Å². The van der Waals surface area contributed by atoms with E-state index in [1.807, 2.05) is 18.2 Å². The van der Waals surface area contributed by atoms with Gasteiger partial charge < -0.3 is 10.1 Å². The lowest BCUT2D eigenvalue weighted by Crippen LogP contribution is -2.41. The summed E-state index contributed by atoms with van der Waals surface area (Å²) in [7, 11) is 0. The maximum atomic E-state index is 11.7. The molecule has 1 aromatic carbocycles. The predicted molar refractivity (Wildman–Crippen MR) is 66.9 cm³/mol. The van der Waals surface area contributed by atoms with Gasteiger partial charge in [0, 0.05) is 5.02 Å². The molecule has 1 aliphatic heterocycles. The molecule has 1 fully saturated rings. The van der Waals surface area contributed by atoms with Crippen LogP contribution >= 0.6 is 11.6 Å². The first-order valence-corrected chi connectivity index (χ1v) is 6.28. The summed E-state index contributed by atoms with van der Waals surface area (Å²) in [6.07, 6.45) is 3.09. The van der Waals surface area contributed by atoms with E-state index >= 15 is 0 Å². The summed E-state index contributed by atoms with van der Waals surface area (Å²) in [6, 6.07) is 7.22. The second kappa shape index (κ2) is 6.03. The van der Waals surface area contributed by atoms with Gasteiger partial charge in [0.05, 0.1) is 0 Å².